The predicted octanol–water partition coefficient (Wildman–Crippen LogP) is 2.75. The maximum absolute atomic E-state index is 12.1. The molecule has 2 aromatic carbocycles. The minimum Gasteiger partial charge on any atom is -0.435 e. The van der Waals surface area contributed by atoms with Crippen molar-refractivity contribution in [3.05, 3.63) is 59.7 Å². The van der Waals surface area contributed by atoms with E-state index in [1.54, 1.807) is 36.4 Å². The smallest absolute Gasteiger partial charge is 0.387 e. The molecular formula is C17H17F2N3O3. The zero-order chi connectivity index (χ0) is 18.2. The maximum Gasteiger partial charge on any atom is 0.387 e. The van der Waals surface area contributed by atoms with E-state index in [9.17, 15) is 18.4 Å². The number of amides is 3. The van der Waals surface area contributed by atoms with Crippen molar-refractivity contribution in [1.29, 1.82) is 0 Å². The maximum atomic E-state index is 12.1. The van der Waals surface area contributed by atoms with E-state index >= 15 is 0 Å². The van der Waals surface area contributed by atoms with Gasteiger partial charge in [-0.2, -0.15) is 8.78 Å². The molecule has 6 nitrogen and oxygen atoms in total. The summed E-state index contributed by atoms with van der Waals surface area (Å²) >= 11 is 0. The van der Waals surface area contributed by atoms with Crippen LogP contribution >= 0.6 is 0 Å². The highest BCUT2D eigenvalue weighted by molar-refractivity contribution is 5.95. The van der Waals surface area contributed by atoms with Crippen LogP contribution in [0.4, 0.5) is 19.3 Å². The molecule has 0 unspecified atom stereocenters. The van der Waals surface area contributed by atoms with Crippen molar-refractivity contribution in [3.8, 4) is 5.75 Å². The number of benzene rings is 2. The number of hydrogen-bond donors (Lipinski definition) is 3. The normalized spacial score (nSPS) is 10.4. The summed E-state index contributed by atoms with van der Waals surface area (Å²) in [6.45, 7) is -2.47. The number of nitrogens with two attached hydrogens (primary N) is 1. The molecule has 3 amide bonds. The second kappa shape index (κ2) is 8.62. The molecule has 25 heavy (non-hydrogen) atoms. The Morgan fingerprint density at radius 1 is 1.04 bits per heavy atom. The van der Waals surface area contributed by atoms with E-state index in [-0.39, 0.29) is 11.7 Å². The van der Waals surface area contributed by atoms with Gasteiger partial charge in [-0.3, -0.25) is 4.79 Å². The number of hydrogen-bond acceptors (Lipinski definition) is 3. The number of nitrogens with one attached hydrogen (secondary N) is 2. The van der Waals surface area contributed by atoms with Gasteiger partial charge in [0.15, 0.2) is 0 Å². The number of ether oxygens (including phenoxy) is 1. The van der Waals surface area contributed by atoms with Gasteiger partial charge in [-0.05, 0) is 48.4 Å². The van der Waals surface area contributed by atoms with E-state index in [0.717, 1.165) is 5.56 Å². The third kappa shape index (κ3) is 6.09. The number of rotatable bonds is 7. The highest BCUT2D eigenvalue weighted by atomic mass is 19.3. The molecule has 4 N–H and O–H groups in total. The largest absolute Gasteiger partial charge is 0.435 e. The van der Waals surface area contributed by atoms with Gasteiger partial charge in [0.25, 0.3) is 5.91 Å². The number of carbonyl (C=O) groups excluding carboxylic acids is 2. The minimum absolute atomic E-state index is 0.0902. The molecule has 0 aliphatic rings. The molecule has 2 rings (SSSR count). The Morgan fingerprint density at radius 3 is 2.24 bits per heavy atom. The van der Waals surface area contributed by atoms with Crippen LogP contribution in [0.25, 0.3) is 0 Å². The number of urea groups is 1. The fraction of sp³-hybridized carbons (Fsp3) is 0.176. The molecular weight excluding hydrogens is 332 g/mol. The first-order valence-electron chi connectivity index (χ1n) is 7.42. The van der Waals surface area contributed by atoms with Crippen molar-refractivity contribution in [2.24, 2.45) is 5.73 Å². The summed E-state index contributed by atoms with van der Waals surface area (Å²) < 4.78 is 28.4. The molecule has 0 radical (unpaired) electrons. The van der Waals surface area contributed by atoms with Crippen molar-refractivity contribution in [2.45, 2.75) is 13.0 Å². The lowest BCUT2D eigenvalue weighted by Gasteiger charge is -2.08. The Kier molecular flexibility index (Phi) is 6.27. The lowest BCUT2D eigenvalue weighted by Crippen LogP contribution is -2.25. The Hall–Kier alpha value is -3.16. The average molecular weight is 349 g/mol. The predicted molar refractivity (Wildman–Crippen MR) is 88.8 cm³/mol. The van der Waals surface area contributed by atoms with Gasteiger partial charge in [0.1, 0.15) is 5.75 Å². The van der Waals surface area contributed by atoms with Crippen LogP contribution in [0.15, 0.2) is 48.5 Å². The molecule has 0 fully saturated rings. The summed E-state index contributed by atoms with van der Waals surface area (Å²) in [5.41, 5.74) is 6.82. The van der Waals surface area contributed by atoms with E-state index in [1.807, 2.05) is 0 Å². The summed E-state index contributed by atoms with van der Waals surface area (Å²) in [6.07, 6.45) is 0.544. The number of primary amides is 1. The molecule has 8 heteroatoms. The molecule has 2 aromatic rings. The van der Waals surface area contributed by atoms with Gasteiger partial charge in [0.2, 0.25) is 0 Å². The van der Waals surface area contributed by atoms with Crippen molar-refractivity contribution in [2.75, 3.05) is 11.9 Å². The third-order valence-corrected chi connectivity index (χ3v) is 3.26. The molecule has 0 bridgehead atoms. The first-order valence-corrected chi connectivity index (χ1v) is 7.42. The molecule has 132 valence electrons. The van der Waals surface area contributed by atoms with Gasteiger partial charge >= 0.3 is 12.6 Å². The second-order valence-corrected chi connectivity index (χ2v) is 5.09. The summed E-state index contributed by atoms with van der Waals surface area (Å²) in [6, 6.07) is 11.8. The zero-order valence-electron chi connectivity index (χ0n) is 13.2. The van der Waals surface area contributed by atoms with Crippen LogP contribution < -0.4 is 21.1 Å². The van der Waals surface area contributed by atoms with E-state index in [1.165, 1.54) is 12.1 Å². The fourth-order valence-corrected chi connectivity index (χ4v) is 2.11. The molecule has 0 saturated carbocycles. The van der Waals surface area contributed by atoms with Gasteiger partial charge < -0.3 is 21.1 Å². The van der Waals surface area contributed by atoms with Crippen molar-refractivity contribution in [1.82, 2.24) is 5.32 Å². The van der Waals surface area contributed by atoms with Gasteiger partial charge in [0, 0.05) is 17.8 Å². The van der Waals surface area contributed by atoms with Crippen molar-refractivity contribution < 1.29 is 23.1 Å². The second-order valence-electron chi connectivity index (χ2n) is 5.09. The SMILES string of the molecule is NC(=O)Nc1ccc(C(=O)NCCc2ccc(OC(F)F)cc2)cc1. The molecule has 0 saturated heterocycles. The summed E-state index contributed by atoms with van der Waals surface area (Å²) in [5.74, 6) is -0.171. The fourth-order valence-electron chi connectivity index (χ4n) is 2.11. The van der Waals surface area contributed by atoms with Crippen molar-refractivity contribution in [3.63, 3.8) is 0 Å². The van der Waals surface area contributed by atoms with Crippen LogP contribution in [-0.4, -0.2) is 25.1 Å². The van der Waals surface area contributed by atoms with Crippen LogP contribution in [-0.2, 0) is 6.42 Å². The lowest BCUT2D eigenvalue weighted by molar-refractivity contribution is -0.0498. The molecule has 0 heterocycles. The molecule has 0 aromatic heterocycles. The summed E-state index contributed by atoms with van der Waals surface area (Å²) in [4.78, 5) is 22.7. The van der Waals surface area contributed by atoms with Crippen LogP contribution in [0.2, 0.25) is 0 Å². The van der Waals surface area contributed by atoms with E-state index in [0.29, 0.717) is 24.2 Å². The Bertz CT molecular complexity index is 719. The Morgan fingerprint density at radius 2 is 1.68 bits per heavy atom. The molecule has 0 spiro atoms. The van der Waals surface area contributed by atoms with Crippen LogP contribution in [0.1, 0.15) is 15.9 Å². The molecule has 0 atom stereocenters. The molecule has 0 aliphatic heterocycles. The summed E-state index contributed by atoms with van der Waals surface area (Å²) in [7, 11) is 0. The number of halogens is 2. The van der Waals surface area contributed by atoms with Crippen LogP contribution in [0, 0.1) is 0 Å². The lowest BCUT2D eigenvalue weighted by atomic mass is 10.1. The first kappa shape index (κ1) is 18.2. The topological polar surface area (TPSA) is 93.5 Å². The van der Waals surface area contributed by atoms with Crippen LogP contribution in [0.3, 0.4) is 0 Å². The highest BCUT2D eigenvalue weighted by Crippen LogP contribution is 2.15. The zero-order valence-corrected chi connectivity index (χ0v) is 13.2. The Balaban J connectivity index is 1.80. The van der Waals surface area contributed by atoms with Gasteiger partial charge in [-0.15, -0.1) is 0 Å². The number of anilines is 1. The van der Waals surface area contributed by atoms with Gasteiger partial charge in [0.05, 0.1) is 0 Å². The first-order chi connectivity index (χ1) is 11.9. The van der Waals surface area contributed by atoms with E-state index in [4.69, 9.17) is 5.73 Å². The van der Waals surface area contributed by atoms with Gasteiger partial charge in [-0.1, -0.05) is 12.1 Å². The Labute approximate surface area is 143 Å². The summed E-state index contributed by atoms with van der Waals surface area (Å²) in [5, 5.41) is 5.15. The van der Waals surface area contributed by atoms with Gasteiger partial charge in [-0.25, -0.2) is 4.79 Å². The minimum atomic E-state index is -2.85. The van der Waals surface area contributed by atoms with Crippen LogP contribution in [0.5, 0.6) is 5.75 Å². The number of carbonyl (C=O) groups is 2. The highest BCUT2D eigenvalue weighted by Gasteiger charge is 2.06. The third-order valence-electron chi connectivity index (χ3n) is 3.26. The van der Waals surface area contributed by atoms with E-state index < -0.39 is 12.6 Å². The van der Waals surface area contributed by atoms with E-state index in [2.05, 4.69) is 15.4 Å². The average Bonchev–Trinajstić information content (AvgIpc) is 2.56. The number of alkyl halides is 2. The standard InChI is InChI=1S/C17H17F2N3O3/c18-16(19)25-14-7-1-11(2-8-14)9-10-21-15(23)12-3-5-13(6-4-12)22-17(20)24/h1-8,16H,9-10H2,(H,21,23)(H3,20,22,24). The van der Waals surface area contributed by atoms with Crippen molar-refractivity contribution >= 4 is 17.6 Å². The quantitative estimate of drug-likeness (QED) is 0.717. The molecule has 0 aliphatic carbocycles. The monoisotopic (exact) mass is 349 g/mol.